The van der Waals surface area contributed by atoms with Crippen LogP contribution in [0.5, 0.6) is 0 Å². The predicted molar refractivity (Wildman–Crippen MR) is 124 cm³/mol. The monoisotopic (exact) mass is 456 g/mol. The van der Waals surface area contributed by atoms with Crippen LogP contribution < -0.4 is 16.0 Å². The fourth-order valence-corrected chi connectivity index (χ4v) is 3.61. The molecule has 2 amide bonds. The minimum Gasteiger partial charge on any atom is -0.381 e. The molecular weight excluding hydrogens is 427 g/mol. The van der Waals surface area contributed by atoms with Crippen LogP contribution in [0.2, 0.25) is 0 Å². The third kappa shape index (κ3) is 6.01. The average Bonchev–Trinajstić information content (AvgIpc) is 3.16. The summed E-state index contributed by atoms with van der Waals surface area (Å²) >= 11 is 0. The lowest BCUT2D eigenvalue weighted by atomic mass is 10.1. The molecule has 2 aromatic carbocycles. The zero-order valence-corrected chi connectivity index (χ0v) is 19.0. The van der Waals surface area contributed by atoms with Crippen LogP contribution in [-0.4, -0.2) is 56.5 Å². The van der Waals surface area contributed by atoms with Gasteiger partial charge in [-0.1, -0.05) is 18.2 Å². The number of aldehydes is 2. The number of rotatable bonds is 9. The van der Waals surface area contributed by atoms with Crippen molar-refractivity contribution in [2.24, 2.45) is 0 Å². The van der Waals surface area contributed by atoms with Crippen molar-refractivity contribution in [3.8, 4) is 0 Å². The molecule has 0 saturated heterocycles. The van der Waals surface area contributed by atoms with Crippen molar-refractivity contribution in [3.05, 3.63) is 64.5 Å². The fraction of sp³-hybridized carbons (Fsp3) is 0.333. The smallest absolute Gasteiger partial charge is 0.255 e. The van der Waals surface area contributed by atoms with Crippen LogP contribution in [0.25, 0.3) is 0 Å². The Hall–Kier alpha value is -3.59. The quantitative estimate of drug-likeness (QED) is 0.499. The first-order valence-corrected chi connectivity index (χ1v) is 10.6. The molecule has 0 spiro atoms. The summed E-state index contributed by atoms with van der Waals surface area (Å²) in [7, 11) is 5.24. The molecule has 0 bridgehead atoms. The minimum absolute atomic E-state index is 0.0162. The van der Waals surface area contributed by atoms with Gasteiger partial charge in [0.15, 0.2) is 6.29 Å². The molecule has 1 aliphatic rings. The molecule has 1 atom stereocenters. The number of nitrogens with zero attached hydrogens (tertiary/aromatic N) is 1. The van der Waals surface area contributed by atoms with Crippen molar-refractivity contribution in [1.82, 2.24) is 15.5 Å². The molecule has 3 N–H and O–H groups in total. The SMILES string of the molecule is CNC.CNC(=O)C(CCC=O)N1Cc2c(NCc3cccc(C=O)c3F)cccc2C1=O. The predicted octanol–water partition coefficient (Wildman–Crippen LogP) is 2.14. The van der Waals surface area contributed by atoms with Crippen molar-refractivity contribution < 1.29 is 23.6 Å². The van der Waals surface area contributed by atoms with Gasteiger partial charge in [-0.15, -0.1) is 0 Å². The number of fused-ring (bicyclic) bond motifs is 1. The van der Waals surface area contributed by atoms with Gasteiger partial charge < -0.3 is 25.6 Å². The van der Waals surface area contributed by atoms with Gasteiger partial charge in [-0.05, 0) is 38.7 Å². The Bertz CT molecular complexity index is 1010. The number of anilines is 1. The maximum Gasteiger partial charge on any atom is 0.255 e. The molecule has 0 radical (unpaired) electrons. The third-order valence-corrected chi connectivity index (χ3v) is 5.18. The second-order valence-corrected chi connectivity index (χ2v) is 7.43. The van der Waals surface area contributed by atoms with Crippen molar-refractivity contribution in [3.63, 3.8) is 0 Å². The molecule has 0 saturated carbocycles. The molecule has 2 aromatic rings. The summed E-state index contributed by atoms with van der Waals surface area (Å²) in [6.07, 6.45) is 1.58. The summed E-state index contributed by atoms with van der Waals surface area (Å²) in [6.45, 7) is 0.327. The summed E-state index contributed by atoms with van der Waals surface area (Å²) in [6, 6.07) is 8.99. The zero-order chi connectivity index (χ0) is 24.4. The Morgan fingerprint density at radius 3 is 2.48 bits per heavy atom. The first-order chi connectivity index (χ1) is 15.9. The molecule has 1 unspecified atom stereocenters. The van der Waals surface area contributed by atoms with E-state index in [9.17, 15) is 23.6 Å². The highest BCUT2D eigenvalue weighted by Gasteiger charge is 2.36. The Morgan fingerprint density at radius 1 is 1.15 bits per heavy atom. The van der Waals surface area contributed by atoms with E-state index in [1.54, 1.807) is 30.3 Å². The molecule has 33 heavy (non-hydrogen) atoms. The molecule has 8 nitrogen and oxygen atoms in total. The van der Waals surface area contributed by atoms with Gasteiger partial charge in [0.25, 0.3) is 5.91 Å². The van der Waals surface area contributed by atoms with E-state index < -0.39 is 11.9 Å². The second kappa shape index (κ2) is 12.4. The molecule has 0 aromatic heterocycles. The van der Waals surface area contributed by atoms with Crippen molar-refractivity contribution in [2.75, 3.05) is 26.5 Å². The maximum atomic E-state index is 14.3. The fourth-order valence-electron chi connectivity index (χ4n) is 3.61. The van der Waals surface area contributed by atoms with Crippen molar-refractivity contribution in [2.45, 2.75) is 32.0 Å². The summed E-state index contributed by atoms with van der Waals surface area (Å²) in [4.78, 5) is 48.4. The maximum absolute atomic E-state index is 14.3. The number of benzene rings is 2. The van der Waals surface area contributed by atoms with Gasteiger partial charge in [0.1, 0.15) is 18.1 Å². The standard InChI is InChI=1S/C22H22FN3O4.C2H7N/c1-24-21(29)19(9-4-10-27)26-12-17-16(22(26)30)7-3-8-18(17)25-11-14-5-2-6-15(13-28)20(14)23;1-3-2/h2-3,5-8,10,13,19,25H,4,9,11-12H2,1H3,(H,24,29);3H,1-2H3. The van der Waals surface area contributed by atoms with Gasteiger partial charge in [0.05, 0.1) is 5.56 Å². The number of likely N-dealkylation sites (N-methyl/N-ethyl adjacent to an activating group) is 1. The Morgan fingerprint density at radius 2 is 1.85 bits per heavy atom. The Labute approximate surface area is 192 Å². The van der Waals surface area contributed by atoms with Crippen LogP contribution >= 0.6 is 0 Å². The normalized spacial score (nSPS) is 12.8. The number of carbonyl (C=O) groups is 4. The minimum atomic E-state index is -0.755. The van der Waals surface area contributed by atoms with Crippen LogP contribution in [0.3, 0.4) is 0 Å². The lowest BCUT2D eigenvalue weighted by Crippen LogP contribution is -2.46. The molecular formula is C24H29FN4O4. The lowest BCUT2D eigenvalue weighted by Gasteiger charge is -2.25. The van der Waals surface area contributed by atoms with Crippen molar-refractivity contribution in [1.29, 1.82) is 0 Å². The van der Waals surface area contributed by atoms with Crippen LogP contribution in [-0.2, 0) is 22.7 Å². The van der Waals surface area contributed by atoms with Gasteiger partial charge >= 0.3 is 0 Å². The van der Waals surface area contributed by atoms with Gasteiger partial charge in [0.2, 0.25) is 5.91 Å². The largest absolute Gasteiger partial charge is 0.381 e. The van der Waals surface area contributed by atoms with E-state index in [0.29, 0.717) is 28.7 Å². The topological polar surface area (TPSA) is 108 Å². The van der Waals surface area contributed by atoms with E-state index in [1.165, 1.54) is 18.0 Å². The number of halogens is 1. The van der Waals surface area contributed by atoms with Crippen LogP contribution in [0.4, 0.5) is 10.1 Å². The van der Waals surface area contributed by atoms with Crippen LogP contribution in [0.1, 0.15) is 44.7 Å². The highest BCUT2D eigenvalue weighted by molar-refractivity contribution is 6.02. The molecule has 3 rings (SSSR count). The average molecular weight is 457 g/mol. The number of hydrogen-bond donors (Lipinski definition) is 3. The summed E-state index contributed by atoms with van der Waals surface area (Å²) < 4.78 is 14.3. The highest BCUT2D eigenvalue weighted by atomic mass is 19.1. The molecule has 1 aliphatic heterocycles. The van der Waals surface area contributed by atoms with E-state index in [4.69, 9.17) is 0 Å². The summed E-state index contributed by atoms with van der Waals surface area (Å²) in [5, 5.41) is 8.42. The molecule has 0 fully saturated rings. The van der Waals surface area contributed by atoms with Crippen LogP contribution in [0.15, 0.2) is 36.4 Å². The van der Waals surface area contributed by atoms with E-state index in [-0.39, 0.29) is 43.3 Å². The van der Waals surface area contributed by atoms with E-state index in [2.05, 4.69) is 16.0 Å². The van der Waals surface area contributed by atoms with E-state index in [0.717, 1.165) is 6.29 Å². The number of hydrogen-bond acceptors (Lipinski definition) is 6. The van der Waals surface area contributed by atoms with Crippen molar-refractivity contribution >= 4 is 30.1 Å². The van der Waals surface area contributed by atoms with Gasteiger partial charge in [-0.25, -0.2) is 4.39 Å². The van der Waals surface area contributed by atoms with Gasteiger partial charge in [0, 0.05) is 48.9 Å². The second-order valence-electron chi connectivity index (χ2n) is 7.43. The molecule has 1 heterocycles. The number of nitrogens with one attached hydrogen (secondary N) is 3. The zero-order valence-electron chi connectivity index (χ0n) is 19.0. The third-order valence-electron chi connectivity index (χ3n) is 5.18. The highest BCUT2D eigenvalue weighted by Crippen LogP contribution is 2.32. The van der Waals surface area contributed by atoms with Gasteiger partial charge in [-0.2, -0.15) is 0 Å². The molecule has 0 aliphatic carbocycles. The Kier molecular flexibility index (Phi) is 9.68. The first-order valence-electron chi connectivity index (χ1n) is 10.6. The Balaban J connectivity index is 0.00000122. The lowest BCUT2D eigenvalue weighted by molar-refractivity contribution is -0.125. The van der Waals surface area contributed by atoms with Gasteiger partial charge in [-0.3, -0.25) is 14.4 Å². The molecule has 9 heteroatoms. The van der Waals surface area contributed by atoms with Crippen LogP contribution in [0, 0.1) is 5.82 Å². The number of carbonyl (C=O) groups excluding carboxylic acids is 4. The number of amides is 2. The first kappa shape index (κ1) is 25.7. The molecule has 176 valence electrons. The summed E-state index contributed by atoms with van der Waals surface area (Å²) in [5.41, 5.74) is 2.12. The summed E-state index contributed by atoms with van der Waals surface area (Å²) in [5.74, 6) is -1.21. The van der Waals surface area contributed by atoms with E-state index >= 15 is 0 Å². The van der Waals surface area contributed by atoms with E-state index in [1.807, 2.05) is 14.1 Å².